The summed E-state index contributed by atoms with van der Waals surface area (Å²) in [6, 6.07) is 4.87. The van der Waals surface area contributed by atoms with Crippen molar-refractivity contribution in [2.75, 3.05) is 11.1 Å². The van der Waals surface area contributed by atoms with Crippen LogP contribution in [0.15, 0.2) is 18.2 Å². The zero-order valence-corrected chi connectivity index (χ0v) is 12.2. The lowest BCUT2D eigenvalue weighted by molar-refractivity contribution is -0.117. The van der Waals surface area contributed by atoms with Gasteiger partial charge in [-0.25, -0.2) is 0 Å². The first-order valence-corrected chi connectivity index (χ1v) is 7.19. The second-order valence-electron chi connectivity index (χ2n) is 3.41. The predicted octanol–water partition coefficient (Wildman–Crippen LogP) is 2.71. The number of anilines is 1. The largest absolute Gasteiger partial charge is 0.334 e. The molecule has 17 heavy (non-hydrogen) atoms. The first-order chi connectivity index (χ1) is 8.06. The van der Waals surface area contributed by atoms with Crippen LogP contribution in [0.4, 0.5) is 10.5 Å². The Morgan fingerprint density at radius 3 is 2.94 bits per heavy atom. The molecule has 7 heteroatoms. The number of hydrogen-bond acceptors (Lipinski definition) is 3. The number of carbonyl (C=O) groups excluding carboxylic acids is 2. The molecule has 1 aliphatic rings. The molecule has 4 nitrogen and oxygen atoms in total. The number of amides is 2. The van der Waals surface area contributed by atoms with Crippen LogP contribution in [0.5, 0.6) is 0 Å². The third-order valence-corrected chi connectivity index (χ3v) is 4.04. The highest BCUT2D eigenvalue weighted by atomic mass is 127. The van der Waals surface area contributed by atoms with Gasteiger partial charge in [0.15, 0.2) is 0 Å². The summed E-state index contributed by atoms with van der Waals surface area (Å²) in [4.78, 5) is 22.8. The molecule has 1 atom stereocenters. The number of rotatable bonds is 2. The van der Waals surface area contributed by atoms with Gasteiger partial charge in [-0.1, -0.05) is 23.4 Å². The lowest BCUT2D eigenvalue weighted by Gasteiger charge is -2.11. The number of thioether (sulfide) groups is 1. The lowest BCUT2D eigenvalue weighted by atomic mass is 10.2. The van der Waals surface area contributed by atoms with Crippen molar-refractivity contribution in [1.82, 2.24) is 5.32 Å². The number of carbonyl (C=O) groups is 2. The van der Waals surface area contributed by atoms with Crippen LogP contribution in [0.25, 0.3) is 0 Å². The smallest absolute Gasteiger partial charge is 0.279 e. The molecule has 1 unspecified atom stereocenters. The van der Waals surface area contributed by atoms with Crippen LogP contribution in [0, 0.1) is 3.57 Å². The van der Waals surface area contributed by atoms with Crippen molar-refractivity contribution in [3.8, 4) is 0 Å². The van der Waals surface area contributed by atoms with Crippen LogP contribution in [0.2, 0.25) is 5.02 Å². The van der Waals surface area contributed by atoms with Crippen molar-refractivity contribution in [3.05, 3.63) is 26.8 Å². The molecule has 1 fully saturated rings. The zero-order chi connectivity index (χ0) is 12.4. The average Bonchev–Trinajstić information content (AvgIpc) is 2.69. The molecule has 1 aromatic rings. The van der Waals surface area contributed by atoms with Gasteiger partial charge in [0, 0.05) is 9.32 Å². The molecule has 1 aromatic carbocycles. The van der Waals surface area contributed by atoms with Gasteiger partial charge in [-0.3, -0.25) is 9.59 Å². The molecule has 0 saturated carbocycles. The van der Waals surface area contributed by atoms with E-state index in [1.807, 2.05) is 6.07 Å². The van der Waals surface area contributed by atoms with E-state index in [0.29, 0.717) is 16.5 Å². The molecule has 0 aromatic heterocycles. The van der Waals surface area contributed by atoms with Crippen LogP contribution < -0.4 is 10.6 Å². The quantitative estimate of drug-likeness (QED) is 0.773. The van der Waals surface area contributed by atoms with E-state index in [-0.39, 0.29) is 11.1 Å². The van der Waals surface area contributed by atoms with Crippen molar-refractivity contribution < 1.29 is 9.59 Å². The minimum Gasteiger partial charge on any atom is -0.334 e. The number of hydrogen-bond donors (Lipinski definition) is 2. The maximum Gasteiger partial charge on any atom is 0.279 e. The van der Waals surface area contributed by atoms with E-state index in [1.165, 1.54) is 0 Å². The van der Waals surface area contributed by atoms with Crippen molar-refractivity contribution in [2.24, 2.45) is 0 Å². The van der Waals surface area contributed by atoms with Gasteiger partial charge in [-0.2, -0.15) is 0 Å². The Hall–Kier alpha value is -0.470. The van der Waals surface area contributed by atoms with Crippen molar-refractivity contribution in [3.63, 3.8) is 0 Å². The van der Waals surface area contributed by atoms with Gasteiger partial charge in [-0.05, 0) is 40.8 Å². The topological polar surface area (TPSA) is 58.2 Å². The Labute approximate surface area is 121 Å². The Balaban J connectivity index is 2.05. The van der Waals surface area contributed by atoms with Gasteiger partial charge >= 0.3 is 0 Å². The van der Waals surface area contributed by atoms with E-state index in [2.05, 4.69) is 33.2 Å². The number of halogens is 2. The van der Waals surface area contributed by atoms with E-state index in [4.69, 9.17) is 11.6 Å². The van der Waals surface area contributed by atoms with Crippen LogP contribution in [0.3, 0.4) is 0 Å². The zero-order valence-electron chi connectivity index (χ0n) is 8.50. The summed E-state index contributed by atoms with van der Waals surface area (Å²) in [5, 5.41) is 5.59. The highest BCUT2D eigenvalue weighted by molar-refractivity contribution is 14.1. The fraction of sp³-hybridized carbons (Fsp3) is 0.200. The minimum atomic E-state index is -0.483. The van der Waals surface area contributed by atoms with Crippen molar-refractivity contribution in [1.29, 1.82) is 0 Å². The van der Waals surface area contributed by atoms with E-state index < -0.39 is 6.04 Å². The normalized spacial score (nSPS) is 18.9. The van der Waals surface area contributed by atoms with Crippen molar-refractivity contribution in [2.45, 2.75) is 6.04 Å². The summed E-state index contributed by atoms with van der Waals surface area (Å²) in [6.45, 7) is 0. The van der Waals surface area contributed by atoms with E-state index in [0.717, 1.165) is 15.3 Å². The predicted molar refractivity (Wildman–Crippen MR) is 77.6 cm³/mol. The molecule has 2 N–H and O–H groups in total. The summed E-state index contributed by atoms with van der Waals surface area (Å²) in [6.07, 6.45) is 0. The molecule has 2 amide bonds. The second-order valence-corrected chi connectivity index (χ2v) is 6.05. The van der Waals surface area contributed by atoms with Crippen LogP contribution >= 0.6 is 46.0 Å². The minimum absolute atomic E-state index is 0.168. The van der Waals surface area contributed by atoms with Gasteiger partial charge in [0.1, 0.15) is 6.04 Å². The molecule has 0 spiro atoms. The maximum absolute atomic E-state index is 11.8. The molecule has 0 bridgehead atoms. The Morgan fingerprint density at radius 1 is 1.59 bits per heavy atom. The number of benzene rings is 1. The monoisotopic (exact) mass is 382 g/mol. The second kappa shape index (κ2) is 5.45. The molecular formula is C10H8ClIN2O2S. The fourth-order valence-electron chi connectivity index (χ4n) is 1.34. The first kappa shape index (κ1) is 13.0. The Morgan fingerprint density at radius 2 is 2.35 bits per heavy atom. The summed E-state index contributed by atoms with van der Waals surface area (Å²) in [5.74, 6) is 0.207. The van der Waals surface area contributed by atoms with Gasteiger partial charge in [0.2, 0.25) is 5.91 Å². The third-order valence-electron chi connectivity index (χ3n) is 2.18. The average molecular weight is 383 g/mol. The number of nitrogens with one attached hydrogen (secondary N) is 2. The van der Waals surface area contributed by atoms with Crippen molar-refractivity contribution >= 4 is 62.8 Å². The summed E-state index contributed by atoms with van der Waals surface area (Å²) >= 11 is 9.24. The van der Waals surface area contributed by atoms with E-state index in [1.54, 1.807) is 12.1 Å². The molecule has 90 valence electrons. The fourth-order valence-corrected chi connectivity index (χ4v) is 3.02. The first-order valence-electron chi connectivity index (χ1n) is 4.75. The van der Waals surface area contributed by atoms with Crippen LogP contribution in [-0.2, 0) is 4.79 Å². The van der Waals surface area contributed by atoms with Crippen LogP contribution in [-0.4, -0.2) is 22.9 Å². The van der Waals surface area contributed by atoms with Gasteiger partial charge < -0.3 is 10.6 Å². The highest BCUT2D eigenvalue weighted by Gasteiger charge is 2.28. The summed E-state index contributed by atoms with van der Waals surface area (Å²) < 4.78 is 0.996. The van der Waals surface area contributed by atoms with E-state index in [9.17, 15) is 9.59 Å². The molecular weight excluding hydrogens is 375 g/mol. The highest BCUT2D eigenvalue weighted by Crippen LogP contribution is 2.24. The Bertz CT molecular complexity index is 483. The summed E-state index contributed by atoms with van der Waals surface area (Å²) in [7, 11) is 0. The maximum atomic E-state index is 11.8. The standard InChI is InChI=1S/C10H8ClIN2O2S/c11-6-3-5(12)1-2-7(6)13-9(15)8-4-17-10(16)14-8/h1-3,8H,4H2,(H,13,15)(H,14,16). The molecule has 1 saturated heterocycles. The molecule has 1 aliphatic heterocycles. The SMILES string of the molecule is O=C1NC(C(=O)Nc2ccc(I)cc2Cl)CS1. The molecule has 1 heterocycles. The van der Waals surface area contributed by atoms with Crippen LogP contribution in [0.1, 0.15) is 0 Å². The lowest BCUT2D eigenvalue weighted by Crippen LogP contribution is -2.38. The molecule has 2 rings (SSSR count). The van der Waals surface area contributed by atoms with Gasteiger partial charge in [0.25, 0.3) is 5.24 Å². The third kappa shape index (κ3) is 3.26. The van der Waals surface area contributed by atoms with E-state index >= 15 is 0 Å². The van der Waals surface area contributed by atoms with Gasteiger partial charge in [0.05, 0.1) is 10.7 Å². The molecule has 0 aliphatic carbocycles. The van der Waals surface area contributed by atoms with Gasteiger partial charge in [-0.15, -0.1) is 0 Å². The Kier molecular flexibility index (Phi) is 4.16. The summed E-state index contributed by atoms with van der Waals surface area (Å²) in [5.41, 5.74) is 0.559. The molecule has 0 radical (unpaired) electrons.